The quantitative estimate of drug-likeness (QED) is 0.0555. The van der Waals surface area contributed by atoms with E-state index in [1.165, 1.54) is 35.8 Å². The SMILES string of the molecule is COC(=O)c1c(NC(=O)C(Sc2cccc(NC(=O)c3c(Cl)c(Cl)c(Cl)c(Cl)c3C(=O)O)c2)c2ccccc2)sc2c1CCC(c1ccccc1)C2. The fourth-order valence-corrected chi connectivity index (χ4v) is 9.52. The summed E-state index contributed by atoms with van der Waals surface area (Å²) in [7, 11) is 1.33. The number of benzene rings is 4. The van der Waals surface area contributed by atoms with Crippen LogP contribution in [0.25, 0.3) is 0 Å². The molecule has 0 fully saturated rings. The number of anilines is 2. The predicted molar refractivity (Wildman–Crippen MR) is 208 cm³/mol. The number of hydrogen-bond acceptors (Lipinski definition) is 7. The van der Waals surface area contributed by atoms with Crippen molar-refractivity contribution in [3.63, 3.8) is 0 Å². The highest BCUT2D eigenvalue weighted by Crippen LogP contribution is 2.45. The van der Waals surface area contributed by atoms with Crippen LogP contribution in [0.5, 0.6) is 0 Å². The van der Waals surface area contributed by atoms with E-state index in [4.69, 9.17) is 51.1 Å². The Balaban J connectivity index is 1.28. The molecule has 5 aromatic rings. The van der Waals surface area contributed by atoms with Gasteiger partial charge in [-0.3, -0.25) is 9.59 Å². The number of nitrogens with one attached hydrogen (secondary N) is 2. The summed E-state index contributed by atoms with van der Waals surface area (Å²) in [6.07, 6.45) is 2.28. The number of amides is 2. The molecule has 4 aromatic carbocycles. The van der Waals surface area contributed by atoms with Crippen LogP contribution < -0.4 is 10.6 Å². The number of halogens is 4. The van der Waals surface area contributed by atoms with Crippen LogP contribution >= 0.6 is 69.5 Å². The minimum Gasteiger partial charge on any atom is -0.478 e. The smallest absolute Gasteiger partial charge is 0.341 e. The Kier molecular flexibility index (Phi) is 11.8. The lowest BCUT2D eigenvalue weighted by molar-refractivity contribution is -0.115. The van der Waals surface area contributed by atoms with Gasteiger partial charge in [-0.1, -0.05) is 113 Å². The molecule has 0 saturated carbocycles. The first-order valence-electron chi connectivity index (χ1n) is 15.8. The average molecular weight is 815 g/mol. The lowest BCUT2D eigenvalue weighted by Crippen LogP contribution is -2.20. The Morgan fingerprint density at radius 1 is 0.827 bits per heavy atom. The summed E-state index contributed by atoms with van der Waals surface area (Å²) in [6, 6.07) is 26.1. The van der Waals surface area contributed by atoms with Gasteiger partial charge in [0.25, 0.3) is 5.91 Å². The number of carbonyl (C=O) groups excluding carboxylic acids is 3. The van der Waals surface area contributed by atoms with Gasteiger partial charge in [-0.2, -0.15) is 0 Å². The maximum atomic E-state index is 14.2. The van der Waals surface area contributed by atoms with Gasteiger partial charge in [0.1, 0.15) is 10.3 Å². The third kappa shape index (κ3) is 7.83. The standard InChI is InChI=1S/C38H28Cl4N2O6S2/c1-50-38(49)26-24-16-15-21(19-9-4-2-5-10-19)17-25(24)52-36(26)44-35(46)33(20-11-6-3-7-12-20)51-23-14-8-13-22(18-23)43-34(45)27-28(37(47)48)30(40)32(42)31(41)29(27)39/h2-14,18,21,33H,15-17H2,1H3,(H,43,45)(H,44,46)(H,47,48). The van der Waals surface area contributed by atoms with Crippen LogP contribution in [-0.4, -0.2) is 36.0 Å². The molecule has 2 amide bonds. The molecule has 52 heavy (non-hydrogen) atoms. The summed E-state index contributed by atoms with van der Waals surface area (Å²) in [6.45, 7) is 0. The van der Waals surface area contributed by atoms with Crippen LogP contribution in [0.15, 0.2) is 89.8 Å². The molecule has 14 heteroatoms. The zero-order valence-corrected chi connectivity index (χ0v) is 31.8. The van der Waals surface area contributed by atoms with Crippen LogP contribution in [0.4, 0.5) is 10.7 Å². The molecule has 1 aliphatic rings. The van der Waals surface area contributed by atoms with E-state index in [0.29, 0.717) is 33.4 Å². The summed E-state index contributed by atoms with van der Waals surface area (Å²) >= 11 is 27.2. The number of thiophene rings is 1. The summed E-state index contributed by atoms with van der Waals surface area (Å²) in [5.74, 6) is -2.98. The molecule has 0 spiro atoms. The monoisotopic (exact) mass is 812 g/mol. The van der Waals surface area contributed by atoms with E-state index < -0.39 is 39.2 Å². The first kappa shape index (κ1) is 37.7. The Bertz CT molecular complexity index is 2200. The number of carboxylic acids is 1. The zero-order valence-electron chi connectivity index (χ0n) is 27.2. The summed E-state index contributed by atoms with van der Waals surface area (Å²) in [5.41, 5.74) is 2.45. The van der Waals surface area contributed by atoms with Gasteiger partial charge in [-0.25, -0.2) is 9.59 Å². The molecule has 0 bridgehead atoms. The minimum atomic E-state index is -1.52. The van der Waals surface area contributed by atoms with Gasteiger partial charge in [0.05, 0.1) is 43.9 Å². The number of ether oxygens (including phenoxy) is 1. The van der Waals surface area contributed by atoms with Crippen molar-refractivity contribution in [2.45, 2.75) is 35.3 Å². The predicted octanol–water partition coefficient (Wildman–Crippen LogP) is 10.8. The Morgan fingerprint density at radius 3 is 2.13 bits per heavy atom. The first-order valence-corrected chi connectivity index (χ1v) is 19.0. The van der Waals surface area contributed by atoms with E-state index >= 15 is 0 Å². The van der Waals surface area contributed by atoms with E-state index in [1.807, 2.05) is 48.5 Å². The second-order valence-electron chi connectivity index (χ2n) is 11.7. The molecule has 0 aliphatic heterocycles. The molecular weight excluding hydrogens is 786 g/mol. The van der Waals surface area contributed by atoms with Crippen LogP contribution in [0, 0.1) is 0 Å². The molecule has 266 valence electrons. The number of rotatable bonds is 10. The number of thioether (sulfide) groups is 1. The highest BCUT2D eigenvalue weighted by Gasteiger charge is 2.33. The Hall–Kier alpha value is -4.03. The molecule has 0 radical (unpaired) electrons. The minimum absolute atomic E-state index is 0.262. The van der Waals surface area contributed by atoms with Crippen molar-refractivity contribution in [3.8, 4) is 0 Å². The second-order valence-corrected chi connectivity index (χ2v) is 15.5. The molecule has 2 atom stereocenters. The summed E-state index contributed by atoms with van der Waals surface area (Å²) in [5, 5.41) is 13.8. The maximum absolute atomic E-state index is 14.2. The van der Waals surface area contributed by atoms with Crippen molar-refractivity contribution < 1.29 is 29.0 Å². The van der Waals surface area contributed by atoms with Gasteiger partial charge in [0.15, 0.2) is 0 Å². The van der Waals surface area contributed by atoms with Gasteiger partial charge in [-0.15, -0.1) is 23.1 Å². The lowest BCUT2D eigenvalue weighted by atomic mass is 9.83. The van der Waals surface area contributed by atoms with Crippen molar-refractivity contribution >= 4 is 104 Å². The van der Waals surface area contributed by atoms with E-state index in [2.05, 4.69) is 22.8 Å². The van der Waals surface area contributed by atoms with Gasteiger partial charge in [0, 0.05) is 15.5 Å². The number of methoxy groups -OCH3 is 1. The largest absolute Gasteiger partial charge is 0.478 e. The molecule has 8 nitrogen and oxygen atoms in total. The summed E-state index contributed by atoms with van der Waals surface area (Å²) in [4.78, 5) is 54.4. The molecular formula is C38H28Cl4N2O6S2. The molecule has 0 saturated heterocycles. The third-order valence-corrected chi connectivity index (χ3v) is 12.8. The van der Waals surface area contributed by atoms with Crippen molar-refractivity contribution in [1.29, 1.82) is 0 Å². The van der Waals surface area contributed by atoms with E-state index in [-0.39, 0.29) is 26.7 Å². The summed E-state index contributed by atoms with van der Waals surface area (Å²) < 4.78 is 5.17. The molecule has 1 heterocycles. The normalized spacial score (nSPS) is 14.2. The van der Waals surface area contributed by atoms with Crippen LogP contribution in [0.3, 0.4) is 0 Å². The van der Waals surface area contributed by atoms with Gasteiger partial charge < -0.3 is 20.5 Å². The maximum Gasteiger partial charge on any atom is 0.341 e. The van der Waals surface area contributed by atoms with E-state index in [9.17, 15) is 24.3 Å². The topological polar surface area (TPSA) is 122 Å². The van der Waals surface area contributed by atoms with Gasteiger partial charge >= 0.3 is 11.9 Å². The number of fused-ring (bicyclic) bond motifs is 1. The lowest BCUT2D eigenvalue weighted by Gasteiger charge is -2.22. The number of hydrogen-bond donors (Lipinski definition) is 3. The van der Waals surface area contributed by atoms with Crippen LogP contribution in [-0.2, 0) is 22.4 Å². The average Bonchev–Trinajstić information content (AvgIpc) is 3.51. The van der Waals surface area contributed by atoms with E-state index in [0.717, 1.165) is 23.3 Å². The molecule has 2 unspecified atom stereocenters. The van der Waals surface area contributed by atoms with Crippen LogP contribution in [0.2, 0.25) is 20.1 Å². The van der Waals surface area contributed by atoms with Gasteiger partial charge in [0.2, 0.25) is 5.91 Å². The number of aromatic carboxylic acids is 1. The molecule has 3 N–H and O–H groups in total. The zero-order chi connectivity index (χ0) is 37.1. The molecule has 1 aliphatic carbocycles. The first-order chi connectivity index (χ1) is 25.0. The number of carboxylic acid groups (broad SMARTS) is 1. The highest BCUT2D eigenvalue weighted by molar-refractivity contribution is 8.00. The van der Waals surface area contributed by atoms with Crippen molar-refractivity contribution in [2.75, 3.05) is 17.7 Å². The Labute approximate surface area is 327 Å². The van der Waals surface area contributed by atoms with E-state index in [1.54, 1.807) is 24.3 Å². The molecule has 1 aromatic heterocycles. The number of esters is 1. The fourth-order valence-electron chi connectivity index (χ4n) is 6.10. The molecule has 6 rings (SSSR count). The fraction of sp³-hybridized carbons (Fsp3) is 0.158. The highest BCUT2D eigenvalue weighted by atomic mass is 35.5. The Morgan fingerprint density at radius 2 is 1.48 bits per heavy atom. The second kappa shape index (κ2) is 16.3. The number of carbonyl (C=O) groups is 4. The third-order valence-electron chi connectivity index (χ3n) is 8.56. The van der Waals surface area contributed by atoms with Crippen molar-refractivity contribution in [2.24, 2.45) is 0 Å². The van der Waals surface area contributed by atoms with Gasteiger partial charge in [-0.05, 0) is 60.1 Å². The van der Waals surface area contributed by atoms with Crippen molar-refractivity contribution in [1.82, 2.24) is 0 Å². The van der Waals surface area contributed by atoms with Crippen LogP contribution in [0.1, 0.15) is 70.2 Å². The van der Waals surface area contributed by atoms with Crippen molar-refractivity contribution in [3.05, 3.63) is 143 Å².